The quantitative estimate of drug-likeness (QED) is 0.382. The number of benzene rings is 1. The number of aromatic nitrogens is 4. The van der Waals surface area contributed by atoms with Gasteiger partial charge in [0.25, 0.3) is 11.1 Å². The summed E-state index contributed by atoms with van der Waals surface area (Å²) >= 11 is 12.2. The highest BCUT2D eigenvalue weighted by Gasteiger charge is 2.12. The Morgan fingerprint density at radius 2 is 1.42 bits per heavy atom. The Hall–Kier alpha value is -3.48. The van der Waals surface area contributed by atoms with Crippen LogP contribution in [0.5, 0.6) is 0 Å². The number of pyridine rings is 4. The van der Waals surface area contributed by atoms with Gasteiger partial charge >= 0.3 is 0 Å². The summed E-state index contributed by atoms with van der Waals surface area (Å²) in [5.41, 5.74) is 2.00. The molecule has 4 aromatic heterocycles. The van der Waals surface area contributed by atoms with Gasteiger partial charge in [-0.05, 0) is 54.1 Å². The number of halogens is 2. The number of hydrogen-bond acceptors (Lipinski definition) is 4. The fourth-order valence-corrected chi connectivity index (χ4v) is 4.07. The van der Waals surface area contributed by atoms with Crippen LogP contribution in [0.4, 0.5) is 0 Å². The van der Waals surface area contributed by atoms with Crippen molar-refractivity contribution in [2.75, 3.05) is 0 Å². The van der Waals surface area contributed by atoms with Crippen LogP contribution in [0.2, 0.25) is 10.0 Å². The van der Waals surface area contributed by atoms with Gasteiger partial charge in [-0.25, -0.2) is 4.98 Å². The van der Waals surface area contributed by atoms with Crippen molar-refractivity contribution in [3.05, 3.63) is 110 Å². The summed E-state index contributed by atoms with van der Waals surface area (Å²) in [5.74, 6) is 0. The molecule has 5 rings (SSSR count). The molecular formula is C23H14Cl2N4O2. The molecule has 0 amide bonds. The first-order valence-electron chi connectivity index (χ1n) is 9.40. The fraction of sp³-hybridized carbons (Fsp3) is 0.0435. The van der Waals surface area contributed by atoms with Crippen LogP contribution in [-0.4, -0.2) is 19.1 Å². The molecule has 8 heteroatoms. The minimum absolute atomic E-state index is 0.218. The lowest BCUT2D eigenvalue weighted by Gasteiger charge is -2.10. The van der Waals surface area contributed by atoms with E-state index in [9.17, 15) is 9.59 Å². The zero-order valence-corrected chi connectivity index (χ0v) is 17.5. The Labute approximate surface area is 186 Å². The van der Waals surface area contributed by atoms with Crippen molar-refractivity contribution >= 4 is 45.0 Å². The van der Waals surface area contributed by atoms with Gasteiger partial charge in [0, 0.05) is 34.8 Å². The van der Waals surface area contributed by atoms with E-state index >= 15 is 0 Å². The van der Waals surface area contributed by atoms with Crippen LogP contribution in [0, 0.1) is 0 Å². The monoisotopic (exact) mass is 448 g/mol. The summed E-state index contributed by atoms with van der Waals surface area (Å²) < 4.78 is 3.02. The second-order valence-electron chi connectivity index (χ2n) is 7.08. The van der Waals surface area contributed by atoms with Gasteiger partial charge < -0.3 is 4.57 Å². The molecule has 0 aliphatic heterocycles. The summed E-state index contributed by atoms with van der Waals surface area (Å²) in [6.45, 7) is 0.398. The second kappa shape index (κ2) is 7.65. The molecule has 0 atom stereocenters. The highest BCUT2D eigenvalue weighted by Crippen LogP contribution is 2.22. The zero-order chi connectivity index (χ0) is 21.5. The molecule has 0 bridgehead atoms. The van der Waals surface area contributed by atoms with Crippen molar-refractivity contribution in [3.8, 4) is 5.69 Å². The summed E-state index contributed by atoms with van der Waals surface area (Å²) in [7, 11) is 0. The molecule has 0 fully saturated rings. The standard InChI is InChI=1S/C23H14Cl2N4O2/c24-15-9-16(25)11-17(10-15)29-8-4-21-19(23(29)31)12-18-20(27-21)3-7-28(22(18)30)13-14-1-5-26-6-2-14/h1-12H,13H2. The molecule has 31 heavy (non-hydrogen) atoms. The van der Waals surface area contributed by atoms with Gasteiger partial charge in [0.1, 0.15) is 0 Å². The smallest absolute Gasteiger partial charge is 0.264 e. The molecule has 0 N–H and O–H groups in total. The summed E-state index contributed by atoms with van der Waals surface area (Å²) in [5, 5.41) is 1.56. The molecule has 6 nitrogen and oxygen atoms in total. The highest BCUT2D eigenvalue weighted by molar-refractivity contribution is 6.34. The molecule has 152 valence electrons. The highest BCUT2D eigenvalue weighted by atomic mass is 35.5. The van der Waals surface area contributed by atoms with E-state index in [2.05, 4.69) is 9.97 Å². The largest absolute Gasteiger partial charge is 0.310 e. The van der Waals surface area contributed by atoms with E-state index in [-0.39, 0.29) is 11.1 Å². The van der Waals surface area contributed by atoms with Crippen LogP contribution >= 0.6 is 23.2 Å². The topological polar surface area (TPSA) is 69.8 Å². The molecular weight excluding hydrogens is 435 g/mol. The van der Waals surface area contributed by atoms with Crippen molar-refractivity contribution in [2.24, 2.45) is 0 Å². The molecule has 0 unspecified atom stereocenters. The predicted octanol–water partition coefficient (Wildman–Crippen LogP) is 4.45. The van der Waals surface area contributed by atoms with Gasteiger partial charge in [0.2, 0.25) is 0 Å². The first kappa shape index (κ1) is 19.5. The Bertz CT molecular complexity index is 1560. The van der Waals surface area contributed by atoms with E-state index in [1.54, 1.807) is 65.8 Å². The zero-order valence-electron chi connectivity index (χ0n) is 16.0. The maximum atomic E-state index is 13.2. The first-order valence-corrected chi connectivity index (χ1v) is 10.2. The summed E-state index contributed by atoms with van der Waals surface area (Å²) in [6.07, 6.45) is 6.69. The SMILES string of the molecule is O=c1c2cc3c(=O)n(-c4cc(Cl)cc(Cl)c4)ccc3nc2ccn1Cc1ccncc1. The van der Waals surface area contributed by atoms with Gasteiger partial charge in [-0.3, -0.25) is 19.1 Å². The predicted molar refractivity (Wildman–Crippen MR) is 122 cm³/mol. The third-order valence-electron chi connectivity index (χ3n) is 5.04. The van der Waals surface area contributed by atoms with E-state index in [4.69, 9.17) is 23.2 Å². The fourth-order valence-electron chi connectivity index (χ4n) is 3.56. The third kappa shape index (κ3) is 3.60. The Balaban J connectivity index is 1.70. The van der Waals surface area contributed by atoms with Crippen LogP contribution < -0.4 is 11.1 Å². The maximum absolute atomic E-state index is 13.2. The lowest BCUT2D eigenvalue weighted by atomic mass is 10.1. The molecule has 0 aliphatic rings. The van der Waals surface area contributed by atoms with Crippen LogP contribution in [0.25, 0.3) is 27.5 Å². The molecule has 4 heterocycles. The van der Waals surface area contributed by atoms with E-state index in [1.807, 2.05) is 12.1 Å². The Morgan fingerprint density at radius 3 is 2.13 bits per heavy atom. The van der Waals surface area contributed by atoms with Gasteiger partial charge in [0.05, 0.1) is 34.0 Å². The maximum Gasteiger partial charge on any atom is 0.264 e. The molecule has 0 saturated heterocycles. The van der Waals surface area contributed by atoms with Crippen LogP contribution in [0.3, 0.4) is 0 Å². The summed E-state index contributed by atoms with van der Waals surface area (Å²) in [6, 6.07) is 13.7. The summed E-state index contributed by atoms with van der Waals surface area (Å²) in [4.78, 5) is 34.8. The second-order valence-corrected chi connectivity index (χ2v) is 7.95. The van der Waals surface area contributed by atoms with Crippen LogP contribution in [-0.2, 0) is 6.54 Å². The van der Waals surface area contributed by atoms with Gasteiger partial charge in [0.15, 0.2) is 0 Å². The molecule has 5 aromatic rings. The van der Waals surface area contributed by atoms with Crippen LogP contribution in [0.1, 0.15) is 5.56 Å². The third-order valence-corrected chi connectivity index (χ3v) is 5.48. The number of hydrogen-bond donors (Lipinski definition) is 0. The van der Waals surface area contributed by atoms with Crippen molar-refractivity contribution in [3.63, 3.8) is 0 Å². The molecule has 0 aliphatic carbocycles. The Kier molecular flexibility index (Phi) is 4.81. The number of fused-ring (bicyclic) bond motifs is 2. The van der Waals surface area contributed by atoms with E-state index in [1.165, 1.54) is 4.57 Å². The van der Waals surface area contributed by atoms with E-state index < -0.39 is 0 Å². The molecule has 0 radical (unpaired) electrons. The number of nitrogens with zero attached hydrogens (tertiary/aromatic N) is 4. The van der Waals surface area contributed by atoms with Crippen molar-refractivity contribution in [1.82, 2.24) is 19.1 Å². The minimum atomic E-state index is -0.311. The Morgan fingerprint density at radius 1 is 0.774 bits per heavy atom. The number of rotatable bonds is 3. The lowest BCUT2D eigenvalue weighted by Crippen LogP contribution is -2.22. The average molecular weight is 449 g/mol. The molecule has 1 aromatic carbocycles. The minimum Gasteiger partial charge on any atom is -0.310 e. The van der Waals surface area contributed by atoms with Gasteiger partial charge in [-0.2, -0.15) is 0 Å². The molecule has 0 spiro atoms. The van der Waals surface area contributed by atoms with Crippen molar-refractivity contribution in [2.45, 2.75) is 6.54 Å². The van der Waals surface area contributed by atoms with Gasteiger partial charge in [-0.1, -0.05) is 23.2 Å². The van der Waals surface area contributed by atoms with E-state index in [0.29, 0.717) is 44.1 Å². The normalized spacial score (nSPS) is 11.3. The molecule has 0 saturated carbocycles. The average Bonchev–Trinajstić information content (AvgIpc) is 2.75. The van der Waals surface area contributed by atoms with Crippen molar-refractivity contribution < 1.29 is 0 Å². The lowest BCUT2D eigenvalue weighted by molar-refractivity contribution is 0.766. The van der Waals surface area contributed by atoms with Crippen molar-refractivity contribution in [1.29, 1.82) is 0 Å². The van der Waals surface area contributed by atoms with E-state index in [0.717, 1.165) is 5.56 Å². The first-order chi connectivity index (χ1) is 15.0. The van der Waals surface area contributed by atoms with Crippen LogP contribution in [0.15, 0.2) is 82.9 Å². The van der Waals surface area contributed by atoms with Gasteiger partial charge in [-0.15, -0.1) is 0 Å².